The fourth-order valence-electron chi connectivity index (χ4n) is 3.35. The molecule has 2 amide bonds. The zero-order valence-corrected chi connectivity index (χ0v) is 16.9. The Morgan fingerprint density at radius 2 is 1.69 bits per heavy atom. The Bertz CT molecular complexity index is 983. The van der Waals surface area contributed by atoms with Crippen molar-refractivity contribution in [1.29, 1.82) is 0 Å². The van der Waals surface area contributed by atoms with Crippen molar-refractivity contribution in [3.63, 3.8) is 0 Å². The van der Waals surface area contributed by atoms with E-state index in [1.165, 1.54) is 18.3 Å². The third-order valence-corrected chi connectivity index (χ3v) is 5.76. The molecule has 1 aliphatic rings. The van der Waals surface area contributed by atoms with Crippen molar-refractivity contribution in [2.75, 3.05) is 28.6 Å². The van der Waals surface area contributed by atoms with Crippen molar-refractivity contribution >= 4 is 39.7 Å². The number of amides is 2. The third-order valence-electron chi connectivity index (χ3n) is 4.76. The monoisotopic (exact) mass is 410 g/mol. The highest BCUT2D eigenvalue weighted by Crippen LogP contribution is 2.28. The molecule has 1 aromatic carbocycles. The van der Waals surface area contributed by atoms with Crippen molar-refractivity contribution < 1.29 is 9.59 Å². The third kappa shape index (κ3) is 4.62. The van der Waals surface area contributed by atoms with Gasteiger partial charge in [-0.25, -0.2) is 0 Å². The lowest BCUT2D eigenvalue weighted by Crippen LogP contribution is -2.40. The highest BCUT2D eigenvalue weighted by Gasteiger charge is 2.28. The summed E-state index contributed by atoms with van der Waals surface area (Å²) in [5, 5.41) is 15.9. The number of hydrogen-bond acceptors (Lipinski definition) is 6. The van der Waals surface area contributed by atoms with Crippen LogP contribution >= 0.6 is 11.3 Å². The molecule has 3 heterocycles. The molecule has 0 saturated carbocycles. The molecule has 2 aromatic heterocycles. The number of carbonyl (C=O) groups is 2. The van der Waals surface area contributed by atoms with E-state index in [4.69, 9.17) is 0 Å². The SMILES string of the molecule is CC(=O)Nc1ccc(NC(=O)[C@@H]2CCCN(c3nnc(-n4cccc4)s3)C2)cc1. The topological polar surface area (TPSA) is 92.2 Å². The maximum absolute atomic E-state index is 12.8. The molecule has 0 spiro atoms. The molecule has 29 heavy (non-hydrogen) atoms. The van der Waals surface area contributed by atoms with Crippen LogP contribution in [0.5, 0.6) is 0 Å². The van der Waals surface area contributed by atoms with E-state index in [9.17, 15) is 9.59 Å². The largest absolute Gasteiger partial charge is 0.346 e. The Kier molecular flexibility index (Phi) is 5.57. The number of nitrogens with one attached hydrogen (secondary N) is 2. The van der Waals surface area contributed by atoms with Crippen LogP contribution < -0.4 is 15.5 Å². The summed E-state index contributed by atoms with van der Waals surface area (Å²) >= 11 is 1.52. The van der Waals surface area contributed by atoms with Crippen LogP contribution in [0.2, 0.25) is 0 Å². The standard InChI is InChI=1S/C20H22N6O2S/c1-14(27)21-16-6-8-17(9-7-16)22-18(28)15-5-4-12-26(13-15)20-24-23-19(29-20)25-10-2-3-11-25/h2-3,6-11,15H,4-5,12-13H2,1H3,(H,21,27)(H,22,28)/t15-/m1/s1. The van der Waals surface area contributed by atoms with Crippen molar-refractivity contribution in [3.8, 4) is 5.13 Å². The van der Waals surface area contributed by atoms with Crippen LogP contribution in [-0.4, -0.2) is 39.7 Å². The zero-order chi connectivity index (χ0) is 20.2. The second-order valence-electron chi connectivity index (χ2n) is 6.99. The molecule has 0 bridgehead atoms. The van der Waals surface area contributed by atoms with Gasteiger partial charge in [0, 0.05) is 43.8 Å². The van der Waals surface area contributed by atoms with Crippen LogP contribution in [0.15, 0.2) is 48.8 Å². The first-order chi connectivity index (χ1) is 14.1. The van der Waals surface area contributed by atoms with Gasteiger partial charge in [-0.15, -0.1) is 10.2 Å². The van der Waals surface area contributed by atoms with E-state index in [1.54, 1.807) is 24.3 Å². The quantitative estimate of drug-likeness (QED) is 0.674. The van der Waals surface area contributed by atoms with Crippen LogP contribution in [0.1, 0.15) is 19.8 Å². The minimum Gasteiger partial charge on any atom is -0.346 e. The summed E-state index contributed by atoms with van der Waals surface area (Å²) in [6.45, 7) is 2.95. The molecule has 150 valence electrons. The Labute approximate surface area is 172 Å². The number of piperidine rings is 1. The van der Waals surface area contributed by atoms with Gasteiger partial charge in [0.2, 0.25) is 22.1 Å². The predicted molar refractivity (Wildman–Crippen MR) is 114 cm³/mol. The molecule has 8 nitrogen and oxygen atoms in total. The fraction of sp³-hybridized carbons (Fsp3) is 0.300. The minimum absolute atomic E-state index is 0.00266. The summed E-state index contributed by atoms with van der Waals surface area (Å²) in [6.07, 6.45) is 5.65. The molecule has 2 N–H and O–H groups in total. The smallest absolute Gasteiger partial charge is 0.229 e. The van der Waals surface area contributed by atoms with Gasteiger partial charge in [0.05, 0.1) is 5.92 Å². The molecule has 0 aliphatic carbocycles. The van der Waals surface area contributed by atoms with Crippen molar-refractivity contribution in [2.45, 2.75) is 19.8 Å². The molecule has 1 atom stereocenters. The summed E-state index contributed by atoms with van der Waals surface area (Å²) in [5.74, 6) is -0.240. The van der Waals surface area contributed by atoms with Gasteiger partial charge in [0.15, 0.2) is 0 Å². The van der Waals surface area contributed by atoms with Crippen LogP contribution in [0.4, 0.5) is 16.5 Å². The Morgan fingerprint density at radius 1 is 1.03 bits per heavy atom. The van der Waals surface area contributed by atoms with Gasteiger partial charge in [-0.3, -0.25) is 14.2 Å². The first-order valence-electron chi connectivity index (χ1n) is 9.49. The van der Waals surface area contributed by atoms with Crippen molar-refractivity contribution in [2.24, 2.45) is 5.92 Å². The molecule has 9 heteroatoms. The minimum atomic E-state index is -0.124. The predicted octanol–water partition coefficient (Wildman–Crippen LogP) is 3.14. The van der Waals surface area contributed by atoms with Crippen LogP contribution in [0.25, 0.3) is 5.13 Å². The molecule has 1 saturated heterocycles. The number of anilines is 3. The molecule has 3 aromatic rings. The highest BCUT2D eigenvalue weighted by molar-refractivity contribution is 7.17. The van der Waals surface area contributed by atoms with E-state index in [1.807, 2.05) is 29.1 Å². The average Bonchev–Trinajstić information content (AvgIpc) is 3.41. The van der Waals surface area contributed by atoms with Gasteiger partial charge in [-0.2, -0.15) is 0 Å². The Morgan fingerprint density at radius 3 is 2.38 bits per heavy atom. The first-order valence-corrected chi connectivity index (χ1v) is 10.3. The van der Waals surface area contributed by atoms with E-state index in [0.717, 1.165) is 29.6 Å². The average molecular weight is 411 g/mol. The maximum atomic E-state index is 12.8. The molecular formula is C20H22N6O2S. The van der Waals surface area contributed by atoms with E-state index in [2.05, 4.69) is 25.7 Å². The maximum Gasteiger partial charge on any atom is 0.229 e. The molecule has 0 radical (unpaired) electrons. The van der Waals surface area contributed by atoms with E-state index in [0.29, 0.717) is 17.9 Å². The van der Waals surface area contributed by atoms with E-state index in [-0.39, 0.29) is 17.7 Å². The second kappa shape index (κ2) is 8.44. The molecule has 1 fully saturated rings. The van der Waals surface area contributed by atoms with Gasteiger partial charge < -0.3 is 15.5 Å². The van der Waals surface area contributed by atoms with E-state index >= 15 is 0 Å². The van der Waals surface area contributed by atoms with Crippen LogP contribution in [-0.2, 0) is 9.59 Å². The lowest BCUT2D eigenvalue weighted by molar-refractivity contribution is -0.120. The van der Waals surface area contributed by atoms with Gasteiger partial charge in [0.1, 0.15) is 0 Å². The van der Waals surface area contributed by atoms with E-state index < -0.39 is 0 Å². The summed E-state index contributed by atoms with van der Waals surface area (Å²) < 4.78 is 1.93. The van der Waals surface area contributed by atoms with Crippen LogP contribution in [0, 0.1) is 5.92 Å². The Balaban J connectivity index is 1.38. The lowest BCUT2D eigenvalue weighted by atomic mass is 9.97. The summed E-state index contributed by atoms with van der Waals surface area (Å²) in [7, 11) is 0. The molecule has 1 aliphatic heterocycles. The van der Waals surface area contributed by atoms with Gasteiger partial charge in [-0.05, 0) is 49.2 Å². The fourth-order valence-corrected chi connectivity index (χ4v) is 4.20. The van der Waals surface area contributed by atoms with Crippen molar-refractivity contribution in [1.82, 2.24) is 14.8 Å². The molecular weight excluding hydrogens is 388 g/mol. The first kappa shape index (κ1) is 19.1. The number of benzene rings is 1. The van der Waals surface area contributed by atoms with Crippen LogP contribution in [0.3, 0.4) is 0 Å². The second-order valence-corrected chi connectivity index (χ2v) is 7.92. The summed E-state index contributed by atoms with van der Waals surface area (Å²) in [4.78, 5) is 26.0. The molecule has 4 rings (SSSR count). The normalized spacial score (nSPS) is 16.4. The zero-order valence-electron chi connectivity index (χ0n) is 16.0. The van der Waals surface area contributed by atoms with Crippen molar-refractivity contribution in [3.05, 3.63) is 48.8 Å². The number of rotatable bonds is 5. The van der Waals surface area contributed by atoms with Gasteiger partial charge in [0.25, 0.3) is 0 Å². The molecule has 0 unspecified atom stereocenters. The Hall–Kier alpha value is -3.20. The highest BCUT2D eigenvalue weighted by atomic mass is 32.1. The lowest BCUT2D eigenvalue weighted by Gasteiger charge is -2.31. The van der Waals surface area contributed by atoms with Gasteiger partial charge in [-0.1, -0.05) is 11.3 Å². The number of nitrogens with zero attached hydrogens (tertiary/aromatic N) is 4. The number of hydrogen-bond donors (Lipinski definition) is 2. The summed E-state index contributed by atoms with van der Waals surface area (Å²) in [5.41, 5.74) is 1.42. The number of carbonyl (C=O) groups excluding carboxylic acids is 2. The summed E-state index contributed by atoms with van der Waals surface area (Å²) in [6, 6.07) is 11.0. The number of aromatic nitrogens is 3. The van der Waals surface area contributed by atoms with Gasteiger partial charge >= 0.3 is 0 Å².